The lowest BCUT2D eigenvalue weighted by Gasteiger charge is -2.31. The molecular formula is C12H23N3. The van der Waals surface area contributed by atoms with Crippen LogP contribution in [0.2, 0.25) is 0 Å². The van der Waals surface area contributed by atoms with Gasteiger partial charge in [-0.3, -0.25) is 0 Å². The summed E-state index contributed by atoms with van der Waals surface area (Å²) in [6.07, 6.45) is 4.55. The Morgan fingerprint density at radius 2 is 2.27 bits per heavy atom. The van der Waals surface area contributed by atoms with E-state index in [1.54, 1.807) is 0 Å². The van der Waals surface area contributed by atoms with Crippen molar-refractivity contribution in [2.45, 2.75) is 25.8 Å². The van der Waals surface area contributed by atoms with Gasteiger partial charge in [-0.25, -0.2) is 0 Å². The lowest BCUT2D eigenvalue weighted by Crippen LogP contribution is -2.44. The Bertz CT molecular complexity index is 245. The lowest BCUT2D eigenvalue weighted by atomic mass is 10.1. The van der Waals surface area contributed by atoms with Gasteiger partial charge in [0.25, 0.3) is 0 Å². The van der Waals surface area contributed by atoms with Gasteiger partial charge < -0.3 is 15.5 Å². The Morgan fingerprint density at radius 3 is 2.80 bits per heavy atom. The molecule has 3 heteroatoms. The van der Waals surface area contributed by atoms with Crippen molar-refractivity contribution < 1.29 is 0 Å². The van der Waals surface area contributed by atoms with E-state index < -0.39 is 0 Å². The molecule has 3 nitrogen and oxygen atoms in total. The second-order valence-corrected chi connectivity index (χ2v) is 4.18. The van der Waals surface area contributed by atoms with Crippen molar-refractivity contribution in [3.05, 3.63) is 24.0 Å². The highest BCUT2D eigenvalue weighted by Gasteiger charge is 2.17. The molecular weight excluding hydrogens is 186 g/mol. The molecule has 0 bridgehead atoms. The zero-order chi connectivity index (χ0) is 11.3. The van der Waals surface area contributed by atoms with Crippen LogP contribution in [0.4, 0.5) is 0 Å². The van der Waals surface area contributed by atoms with Gasteiger partial charge in [0.05, 0.1) is 11.4 Å². The van der Waals surface area contributed by atoms with E-state index in [9.17, 15) is 0 Å². The summed E-state index contributed by atoms with van der Waals surface area (Å²) in [4.78, 5) is 2.36. The van der Waals surface area contributed by atoms with Crippen molar-refractivity contribution in [1.29, 1.82) is 0 Å². The van der Waals surface area contributed by atoms with Gasteiger partial charge in [0.1, 0.15) is 0 Å². The topological polar surface area (TPSA) is 27.3 Å². The number of allylic oxidation sites excluding steroid dienone is 1. The summed E-state index contributed by atoms with van der Waals surface area (Å²) in [6.45, 7) is 8.40. The number of hydrogen-bond acceptors (Lipinski definition) is 3. The molecule has 86 valence electrons. The Kier molecular flexibility index (Phi) is 4.69. The zero-order valence-corrected chi connectivity index (χ0v) is 10.1. The van der Waals surface area contributed by atoms with Crippen molar-refractivity contribution in [3.63, 3.8) is 0 Å². The molecule has 1 fully saturated rings. The second kappa shape index (κ2) is 5.81. The fourth-order valence-corrected chi connectivity index (χ4v) is 2.08. The normalized spacial score (nSPS) is 23.7. The summed E-state index contributed by atoms with van der Waals surface area (Å²) in [6, 6.07) is 0.541. The predicted molar refractivity (Wildman–Crippen MR) is 65.6 cm³/mol. The first-order chi connectivity index (χ1) is 7.17. The fraction of sp³-hybridized carbons (Fsp3) is 0.667. The molecule has 1 atom stereocenters. The van der Waals surface area contributed by atoms with Gasteiger partial charge >= 0.3 is 0 Å². The van der Waals surface area contributed by atoms with Crippen molar-refractivity contribution in [3.8, 4) is 0 Å². The number of rotatable bonds is 4. The van der Waals surface area contributed by atoms with E-state index in [1.807, 2.05) is 20.0 Å². The highest BCUT2D eigenvalue weighted by molar-refractivity contribution is 5.24. The highest BCUT2D eigenvalue weighted by Crippen LogP contribution is 2.11. The van der Waals surface area contributed by atoms with Gasteiger partial charge in [-0.15, -0.1) is 0 Å². The molecule has 0 spiro atoms. The summed E-state index contributed by atoms with van der Waals surface area (Å²) in [5.41, 5.74) is 2.09. The molecule has 0 radical (unpaired) electrons. The van der Waals surface area contributed by atoms with Crippen molar-refractivity contribution in [2.75, 3.05) is 27.2 Å². The van der Waals surface area contributed by atoms with E-state index in [1.165, 1.54) is 19.4 Å². The van der Waals surface area contributed by atoms with Crippen LogP contribution in [0, 0.1) is 0 Å². The maximum absolute atomic E-state index is 4.06. The van der Waals surface area contributed by atoms with Gasteiger partial charge in [-0.1, -0.05) is 12.7 Å². The van der Waals surface area contributed by atoms with Crippen molar-refractivity contribution in [2.24, 2.45) is 0 Å². The SMILES string of the molecule is C=C(NC1CCCN(C)C1)/C(=C\C)NC. The number of hydrogen-bond donors (Lipinski definition) is 2. The Balaban J connectivity index is 2.43. The average Bonchev–Trinajstić information content (AvgIpc) is 2.19. The number of nitrogens with zero attached hydrogens (tertiary/aromatic N) is 1. The third-order valence-electron chi connectivity index (χ3n) is 2.89. The van der Waals surface area contributed by atoms with E-state index in [-0.39, 0.29) is 0 Å². The molecule has 1 unspecified atom stereocenters. The van der Waals surface area contributed by atoms with Crippen molar-refractivity contribution in [1.82, 2.24) is 15.5 Å². The average molecular weight is 209 g/mol. The Labute approximate surface area is 93.2 Å². The first kappa shape index (κ1) is 12.1. The van der Waals surface area contributed by atoms with Crippen LogP contribution in [0.1, 0.15) is 19.8 Å². The quantitative estimate of drug-likeness (QED) is 0.684. The maximum atomic E-state index is 4.06. The molecule has 1 rings (SSSR count). The van der Waals surface area contributed by atoms with Gasteiger partial charge in [0.15, 0.2) is 0 Å². The van der Waals surface area contributed by atoms with Crippen LogP contribution in [0.25, 0.3) is 0 Å². The lowest BCUT2D eigenvalue weighted by molar-refractivity contribution is 0.235. The van der Waals surface area contributed by atoms with E-state index in [2.05, 4.69) is 29.2 Å². The highest BCUT2D eigenvalue weighted by atomic mass is 15.1. The monoisotopic (exact) mass is 209 g/mol. The van der Waals surface area contributed by atoms with Gasteiger partial charge in [0, 0.05) is 19.6 Å². The molecule has 0 aliphatic carbocycles. The molecule has 1 aliphatic rings. The van der Waals surface area contributed by atoms with Crippen molar-refractivity contribution >= 4 is 0 Å². The van der Waals surface area contributed by atoms with E-state index in [4.69, 9.17) is 0 Å². The zero-order valence-electron chi connectivity index (χ0n) is 10.1. The summed E-state index contributed by atoms with van der Waals surface area (Å²) in [7, 11) is 4.10. The minimum atomic E-state index is 0.541. The molecule has 0 saturated carbocycles. The second-order valence-electron chi connectivity index (χ2n) is 4.18. The first-order valence-corrected chi connectivity index (χ1v) is 5.65. The van der Waals surface area contributed by atoms with Crippen LogP contribution < -0.4 is 10.6 Å². The van der Waals surface area contributed by atoms with Gasteiger partial charge in [-0.05, 0) is 33.4 Å². The molecule has 1 heterocycles. The van der Waals surface area contributed by atoms with E-state index in [0.717, 1.165) is 17.9 Å². The van der Waals surface area contributed by atoms with Gasteiger partial charge in [0.2, 0.25) is 0 Å². The van der Waals surface area contributed by atoms with Crippen LogP contribution in [-0.2, 0) is 0 Å². The van der Waals surface area contributed by atoms with Gasteiger partial charge in [-0.2, -0.15) is 0 Å². The van der Waals surface area contributed by atoms with E-state index in [0.29, 0.717) is 6.04 Å². The summed E-state index contributed by atoms with van der Waals surface area (Å²) in [5.74, 6) is 0. The molecule has 0 aromatic heterocycles. The summed E-state index contributed by atoms with van der Waals surface area (Å²) in [5, 5.41) is 6.62. The largest absolute Gasteiger partial charge is 0.387 e. The predicted octanol–water partition coefficient (Wildman–Crippen LogP) is 1.31. The molecule has 0 amide bonds. The van der Waals surface area contributed by atoms with Crippen LogP contribution in [0.3, 0.4) is 0 Å². The molecule has 1 saturated heterocycles. The Morgan fingerprint density at radius 1 is 1.53 bits per heavy atom. The number of piperidine rings is 1. The van der Waals surface area contributed by atoms with E-state index >= 15 is 0 Å². The van der Waals surface area contributed by atoms with Crippen LogP contribution in [0.15, 0.2) is 24.0 Å². The minimum absolute atomic E-state index is 0.541. The third-order valence-corrected chi connectivity index (χ3v) is 2.89. The number of likely N-dealkylation sites (tertiary alicyclic amines) is 1. The van der Waals surface area contributed by atoms with Crippen LogP contribution >= 0.6 is 0 Å². The van der Waals surface area contributed by atoms with Crippen LogP contribution in [-0.4, -0.2) is 38.1 Å². The third kappa shape index (κ3) is 3.59. The molecule has 2 N–H and O–H groups in total. The maximum Gasteiger partial charge on any atom is 0.0524 e. The number of nitrogens with one attached hydrogen (secondary N) is 2. The Hall–Kier alpha value is -0.960. The molecule has 15 heavy (non-hydrogen) atoms. The summed E-state index contributed by atoms with van der Waals surface area (Å²) >= 11 is 0. The molecule has 1 aliphatic heterocycles. The first-order valence-electron chi connectivity index (χ1n) is 5.65. The minimum Gasteiger partial charge on any atom is -0.387 e. The fourth-order valence-electron chi connectivity index (χ4n) is 2.08. The number of likely N-dealkylation sites (N-methyl/N-ethyl adjacent to an activating group) is 2. The summed E-state index contributed by atoms with van der Waals surface area (Å²) < 4.78 is 0. The molecule has 0 aromatic rings. The smallest absolute Gasteiger partial charge is 0.0524 e. The molecule has 0 aromatic carbocycles. The van der Waals surface area contributed by atoms with Crippen LogP contribution in [0.5, 0.6) is 0 Å². The standard InChI is InChI=1S/C12H23N3/c1-5-12(13-3)10(2)14-11-7-6-8-15(4)9-11/h5,11,13-14H,2,6-9H2,1,3-4H3/b12-5+.